The smallest absolute Gasteiger partial charge is 0.0456 e. The van der Waals surface area contributed by atoms with Crippen molar-refractivity contribution < 1.29 is 0 Å². The normalized spacial score (nSPS) is 31.1. The fraction of sp³-hybridized carbons (Fsp3) is 0.647. The second-order valence-electron chi connectivity index (χ2n) is 6.60. The number of rotatable bonds is 3. The van der Waals surface area contributed by atoms with E-state index in [4.69, 9.17) is 5.73 Å². The monoisotopic (exact) mass is 258 g/mol. The van der Waals surface area contributed by atoms with E-state index >= 15 is 0 Å². The second-order valence-corrected chi connectivity index (χ2v) is 6.60. The van der Waals surface area contributed by atoms with Gasteiger partial charge in [0.05, 0.1) is 0 Å². The Labute approximate surface area is 117 Å². The molecule has 1 aromatic carbocycles. The van der Waals surface area contributed by atoms with Gasteiger partial charge in [0, 0.05) is 18.6 Å². The van der Waals surface area contributed by atoms with Gasteiger partial charge >= 0.3 is 0 Å². The first-order valence-corrected chi connectivity index (χ1v) is 7.71. The van der Waals surface area contributed by atoms with Crippen LogP contribution in [0.4, 0.5) is 0 Å². The molecule has 1 saturated carbocycles. The molecule has 1 aromatic rings. The van der Waals surface area contributed by atoms with E-state index in [1.165, 1.54) is 43.4 Å². The highest BCUT2D eigenvalue weighted by Crippen LogP contribution is 2.39. The summed E-state index contributed by atoms with van der Waals surface area (Å²) in [7, 11) is 2.27. The Morgan fingerprint density at radius 2 is 1.89 bits per heavy atom. The first kappa shape index (κ1) is 13.1. The van der Waals surface area contributed by atoms with Crippen LogP contribution in [0.2, 0.25) is 0 Å². The molecular formula is C17H26N2. The highest BCUT2D eigenvalue weighted by molar-refractivity contribution is 5.36. The number of fused-ring (bicyclic) bond motifs is 1. The minimum Gasteiger partial charge on any atom is -0.323 e. The molecule has 0 amide bonds. The average molecular weight is 258 g/mol. The lowest BCUT2D eigenvalue weighted by Gasteiger charge is -2.42. The largest absolute Gasteiger partial charge is 0.323 e. The molecule has 0 aliphatic heterocycles. The van der Waals surface area contributed by atoms with Gasteiger partial charge in [-0.15, -0.1) is 0 Å². The first-order chi connectivity index (χ1) is 9.16. The zero-order valence-corrected chi connectivity index (χ0v) is 12.2. The molecular weight excluding hydrogens is 232 g/mol. The quantitative estimate of drug-likeness (QED) is 0.901. The van der Waals surface area contributed by atoms with Crippen LogP contribution in [-0.2, 0) is 0 Å². The number of hydrogen-bond donors (Lipinski definition) is 1. The Kier molecular flexibility index (Phi) is 3.64. The van der Waals surface area contributed by atoms with Crippen molar-refractivity contribution in [3.8, 4) is 0 Å². The van der Waals surface area contributed by atoms with E-state index in [1.54, 1.807) is 0 Å². The molecule has 3 rings (SSSR count). The summed E-state index contributed by atoms with van der Waals surface area (Å²) >= 11 is 0. The summed E-state index contributed by atoms with van der Waals surface area (Å²) in [5.74, 6) is 1.55. The van der Waals surface area contributed by atoms with Crippen molar-refractivity contribution in [1.29, 1.82) is 0 Å². The predicted octanol–water partition coefficient (Wildman–Crippen LogP) is 3.29. The van der Waals surface area contributed by atoms with Gasteiger partial charge < -0.3 is 10.6 Å². The molecule has 3 unspecified atom stereocenters. The van der Waals surface area contributed by atoms with E-state index in [0.29, 0.717) is 12.0 Å². The maximum Gasteiger partial charge on any atom is 0.0456 e. The molecule has 3 atom stereocenters. The Bertz CT molecular complexity index is 439. The number of benzene rings is 1. The summed E-state index contributed by atoms with van der Waals surface area (Å²) in [5.41, 5.74) is 9.38. The van der Waals surface area contributed by atoms with Crippen molar-refractivity contribution >= 4 is 0 Å². The van der Waals surface area contributed by atoms with Gasteiger partial charge in [-0.2, -0.15) is 0 Å². The molecule has 0 bridgehead atoms. The molecule has 0 aromatic heterocycles. The fourth-order valence-electron chi connectivity index (χ4n) is 3.78. The van der Waals surface area contributed by atoms with Gasteiger partial charge in [0.1, 0.15) is 0 Å². The second kappa shape index (κ2) is 5.26. The zero-order chi connectivity index (χ0) is 13.4. The lowest BCUT2D eigenvalue weighted by molar-refractivity contribution is 0.129. The molecule has 0 heterocycles. The van der Waals surface area contributed by atoms with Gasteiger partial charge in [-0.3, -0.25) is 0 Å². The highest BCUT2D eigenvalue weighted by Gasteiger charge is 2.34. The van der Waals surface area contributed by atoms with Gasteiger partial charge in [0.25, 0.3) is 0 Å². The number of nitrogens with two attached hydrogens (primary N) is 1. The van der Waals surface area contributed by atoms with Gasteiger partial charge in [-0.25, -0.2) is 0 Å². The van der Waals surface area contributed by atoms with Crippen molar-refractivity contribution in [2.75, 3.05) is 13.6 Å². The Morgan fingerprint density at radius 3 is 2.53 bits per heavy atom. The van der Waals surface area contributed by atoms with Crippen LogP contribution in [0.1, 0.15) is 55.7 Å². The maximum atomic E-state index is 6.55. The van der Waals surface area contributed by atoms with Crippen LogP contribution in [0.3, 0.4) is 0 Å². The Hall–Kier alpha value is -0.860. The standard InChI is InChI=1S/C17H26N2/c1-12-10-16(19(2)11-13-6-5-7-13)17(18)15-9-4-3-8-14(12)15/h3-4,8-9,12-13,16-17H,5-7,10-11,18H2,1-2H3. The molecule has 0 saturated heterocycles. The maximum absolute atomic E-state index is 6.55. The van der Waals surface area contributed by atoms with Crippen molar-refractivity contribution in [3.05, 3.63) is 35.4 Å². The molecule has 19 heavy (non-hydrogen) atoms. The van der Waals surface area contributed by atoms with Gasteiger partial charge in [-0.05, 0) is 49.3 Å². The van der Waals surface area contributed by atoms with Crippen LogP contribution < -0.4 is 5.73 Å². The van der Waals surface area contributed by atoms with Crippen LogP contribution in [0, 0.1) is 5.92 Å². The summed E-state index contributed by atoms with van der Waals surface area (Å²) in [5, 5.41) is 0. The minimum absolute atomic E-state index is 0.178. The van der Waals surface area contributed by atoms with Crippen molar-refractivity contribution in [1.82, 2.24) is 4.90 Å². The summed E-state index contributed by atoms with van der Waals surface area (Å²) < 4.78 is 0. The molecule has 0 spiro atoms. The van der Waals surface area contributed by atoms with Crippen molar-refractivity contribution in [3.63, 3.8) is 0 Å². The van der Waals surface area contributed by atoms with Gasteiger partial charge in [0.15, 0.2) is 0 Å². The highest BCUT2D eigenvalue weighted by atomic mass is 15.2. The molecule has 2 aliphatic carbocycles. The molecule has 104 valence electrons. The number of nitrogens with zero attached hydrogens (tertiary/aromatic N) is 1. The molecule has 0 radical (unpaired) electrons. The lowest BCUT2D eigenvalue weighted by atomic mass is 9.77. The SMILES string of the molecule is CC1CC(N(C)CC2CCC2)C(N)c2ccccc21. The summed E-state index contributed by atoms with van der Waals surface area (Å²) in [6.45, 7) is 3.57. The predicted molar refractivity (Wildman–Crippen MR) is 80.2 cm³/mol. The zero-order valence-electron chi connectivity index (χ0n) is 12.2. The topological polar surface area (TPSA) is 29.3 Å². The molecule has 2 aliphatic rings. The molecule has 2 N–H and O–H groups in total. The summed E-state index contributed by atoms with van der Waals surface area (Å²) in [6, 6.07) is 9.42. The minimum atomic E-state index is 0.178. The summed E-state index contributed by atoms with van der Waals surface area (Å²) in [4.78, 5) is 2.53. The van der Waals surface area contributed by atoms with E-state index in [2.05, 4.69) is 43.1 Å². The van der Waals surface area contributed by atoms with E-state index in [1.807, 2.05) is 0 Å². The number of likely N-dealkylation sites (N-methyl/N-ethyl adjacent to an activating group) is 1. The van der Waals surface area contributed by atoms with Crippen LogP contribution in [0.15, 0.2) is 24.3 Å². The first-order valence-electron chi connectivity index (χ1n) is 7.71. The van der Waals surface area contributed by atoms with E-state index in [-0.39, 0.29) is 6.04 Å². The number of hydrogen-bond acceptors (Lipinski definition) is 2. The third kappa shape index (κ3) is 2.44. The van der Waals surface area contributed by atoms with Crippen LogP contribution in [0.5, 0.6) is 0 Å². The van der Waals surface area contributed by atoms with E-state index in [0.717, 1.165) is 5.92 Å². The van der Waals surface area contributed by atoms with Gasteiger partial charge in [-0.1, -0.05) is 37.6 Å². The average Bonchev–Trinajstić information content (AvgIpc) is 2.38. The Morgan fingerprint density at radius 1 is 1.21 bits per heavy atom. The van der Waals surface area contributed by atoms with Crippen LogP contribution in [0.25, 0.3) is 0 Å². The van der Waals surface area contributed by atoms with Crippen LogP contribution in [-0.4, -0.2) is 24.5 Å². The molecule has 2 heteroatoms. The lowest BCUT2D eigenvalue weighted by Crippen LogP contribution is -2.46. The van der Waals surface area contributed by atoms with E-state index in [9.17, 15) is 0 Å². The fourth-order valence-corrected chi connectivity index (χ4v) is 3.78. The third-order valence-corrected chi connectivity index (χ3v) is 5.23. The van der Waals surface area contributed by atoms with E-state index < -0.39 is 0 Å². The Balaban J connectivity index is 1.77. The third-order valence-electron chi connectivity index (χ3n) is 5.23. The van der Waals surface area contributed by atoms with Crippen LogP contribution >= 0.6 is 0 Å². The van der Waals surface area contributed by atoms with Crippen molar-refractivity contribution in [2.24, 2.45) is 11.7 Å². The molecule has 1 fully saturated rings. The van der Waals surface area contributed by atoms with Crippen molar-refractivity contribution in [2.45, 2.75) is 50.6 Å². The van der Waals surface area contributed by atoms with Gasteiger partial charge in [0.2, 0.25) is 0 Å². The summed E-state index contributed by atoms with van der Waals surface area (Å²) in [6.07, 6.45) is 5.45. The molecule has 2 nitrogen and oxygen atoms in total.